The van der Waals surface area contributed by atoms with Gasteiger partial charge in [0, 0.05) is 11.2 Å². The average molecular weight is 382 g/mol. The van der Waals surface area contributed by atoms with Crippen LogP contribution >= 0.6 is 11.6 Å². The zero-order chi connectivity index (χ0) is 19.2. The molecule has 0 radical (unpaired) electrons. The number of amides is 1. The second kappa shape index (κ2) is 6.21. The van der Waals surface area contributed by atoms with E-state index >= 15 is 0 Å². The Morgan fingerprint density at radius 2 is 2.00 bits per heavy atom. The molecule has 27 heavy (non-hydrogen) atoms. The Balaban J connectivity index is 1.88. The summed E-state index contributed by atoms with van der Waals surface area (Å²) in [5.74, 6) is 0.168. The zero-order valence-electron chi connectivity index (χ0n) is 14.7. The van der Waals surface area contributed by atoms with Crippen molar-refractivity contribution in [1.82, 2.24) is 19.9 Å². The first-order chi connectivity index (χ1) is 12.9. The minimum Gasteiger partial charge on any atom is -0.336 e. The predicted octanol–water partition coefficient (Wildman–Crippen LogP) is 2.81. The van der Waals surface area contributed by atoms with Crippen LogP contribution in [0.3, 0.4) is 0 Å². The molecule has 3 heterocycles. The lowest BCUT2D eigenvalue weighted by Crippen LogP contribution is -2.46. The lowest BCUT2D eigenvalue weighted by atomic mass is 9.99. The summed E-state index contributed by atoms with van der Waals surface area (Å²) in [6.45, 7) is 3.69. The minimum absolute atomic E-state index is 0.286. The van der Waals surface area contributed by atoms with Gasteiger partial charge in [0.2, 0.25) is 0 Å². The Morgan fingerprint density at radius 1 is 1.19 bits per heavy atom. The van der Waals surface area contributed by atoms with Crippen LogP contribution in [-0.4, -0.2) is 20.4 Å². The Hall–Kier alpha value is -3.19. The van der Waals surface area contributed by atoms with E-state index in [9.17, 15) is 9.59 Å². The molecule has 1 aliphatic rings. The summed E-state index contributed by atoms with van der Waals surface area (Å²) in [6, 6.07) is 10.3. The molecule has 0 saturated heterocycles. The van der Waals surface area contributed by atoms with Crippen LogP contribution in [0.5, 0.6) is 0 Å². The van der Waals surface area contributed by atoms with Crippen molar-refractivity contribution < 1.29 is 4.79 Å². The largest absolute Gasteiger partial charge is 0.336 e. The van der Waals surface area contributed by atoms with Crippen LogP contribution in [0, 0.1) is 6.92 Å². The number of aryl methyl sites for hydroxylation is 1. The zero-order valence-corrected chi connectivity index (χ0v) is 15.4. The maximum Gasteiger partial charge on any atom is 0.277 e. The van der Waals surface area contributed by atoms with Gasteiger partial charge in [-0.25, -0.2) is 9.97 Å². The van der Waals surface area contributed by atoms with Gasteiger partial charge in [-0.2, -0.15) is 0 Å². The van der Waals surface area contributed by atoms with Crippen molar-refractivity contribution in [1.29, 1.82) is 0 Å². The Kier molecular flexibility index (Phi) is 3.96. The van der Waals surface area contributed by atoms with Gasteiger partial charge >= 0.3 is 0 Å². The summed E-state index contributed by atoms with van der Waals surface area (Å²) in [5.41, 5.74) is 0.852. The maximum absolute atomic E-state index is 13.2. The molecular formula is C19H16ClN5O2. The second-order valence-electron chi connectivity index (χ2n) is 6.54. The monoisotopic (exact) mass is 381 g/mol. The fourth-order valence-electron chi connectivity index (χ4n) is 3.32. The van der Waals surface area contributed by atoms with Crippen LogP contribution in [0.15, 0.2) is 53.7 Å². The molecule has 2 N–H and O–H groups in total. The van der Waals surface area contributed by atoms with Crippen LogP contribution < -0.4 is 16.2 Å². The number of hydrogen-bond acceptors (Lipinski definition) is 5. The van der Waals surface area contributed by atoms with E-state index in [0.717, 1.165) is 11.1 Å². The van der Waals surface area contributed by atoms with Gasteiger partial charge in [-0.15, -0.1) is 0 Å². The molecule has 3 aromatic rings. The number of benzene rings is 1. The highest BCUT2D eigenvalue weighted by Gasteiger charge is 2.41. The summed E-state index contributed by atoms with van der Waals surface area (Å²) in [7, 11) is 0. The van der Waals surface area contributed by atoms with E-state index in [1.54, 1.807) is 37.4 Å². The van der Waals surface area contributed by atoms with Crippen molar-refractivity contribution in [2.45, 2.75) is 19.5 Å². The molecule has 1 amide bonds. The van der Waals surface area contributed by atoms with Gasteiger partial charge in [-0.05, 0) is 55.3 Å². The predicted molar refractivity (Wildman–Crippen MR) is 102 cm³/mol. The molecule has 1 aromatic carbocycles. The first kappa shape index (κ1) is 17.2. The third kappa shape index (κ3) is 2.86. The average Bonchev–Trinajstić information content (AvgIpc) is 2.90. The van der Waals surface area contributed by atoms with Crippen LogP contribution in [0.4, 0.5) is 11.5 Å². The van der Waals surface area contributed by atoms with Crippen LogP contribution in [0.2, 0.25) is 5.02 Å². The number of carbonyl (C=O) groups excluding carboxylic acids is 1. The number of anilines is 2. The SMILES string of the molecule is Cc1cc(Cl)cc(C2(C)NC(=O)c3ccc(Nc4ccncn4)c(=O)n32)c1. The molecule has 0 aliphatic carbocycles. The van der Waals surface area contributed by atoms with Crippen molar-refractivity contribution in [3.8, 4) is 0 Å². The summed E-state index contributed by atoms with van der Waals surface area (Å²) in [5, 5.41) is 6.43. The molecule has 8 heteroatoms. The van der Waals surface area contributed by atoms with Gasteiger partial charge < -0.3 is 10.6 Å². The summed E-state index contributed by atoms with van der Waals surface area (Å²) in [6.07, 6.45) is 2.96. The molecule has 1 atom stereocenters. The fourth-order valence-corrected chi connectivity index (χ4v) is 3.61. The lowest BCUT2D eigenvalue weighted by Gasteiger charge is -2.28. The van der Waals surface area contributed by atoms with Crippen molar-refractivity contribution in [3.63, 3.8) is 0 Å². The molecule has 1 unspecified atom stereocenters. The normalized spacial score (nSPS) is 18.1. The molecule has 7 nitrogen and oxygen atoms in total. The number of rotatable bonds is 3. The number of aromatic nitrogens is 3. The van der Waals surface area contributed by atoms with E-state index in [0.29, 0.717) is 16.5 Å². The van der Waals surface area contributed by atoms with Crippen molar-refractivity contribution >= 4 is 29.0 Å². The molecule has 0 bridgehead atoms. The van der Waals surface area contributed by atoms with Gasteiger partial charge in [-0.1, -0.05) is 17.7 Å². The molecule has 0 fully saturated rings. The van der Waals surface area contributed by atoms with E-state index in [-0.39, 0.29) is 17.2 Å². The first-order valence-corrected chi connectivity index (χ1v) is 8.66. The third-order valence-electron chi connectivity index (χ3n) is 4.57. The minimum atomic E-state index is -1.05. The molecule has 0 spiro atoms. The lowest BCUT2D eigenvalue weighted by molar-refractivity contribution is 0.0941. The Morgan fingerprint density at radius 3 is 2.70 bits per heavy atom. The van der Waals surface area contributed by atoms with Gasteiger partial charge in [0.05, 0.1) is 0 Å². The van der Waals surface area contributed by atoms with E-state index in [1.807, 2.05) is 19.1 Å². The quantitative estimate of drug-likeness (QED) is 0.728. The van der Waals surface area contributed by atoms with Crippen molar-refractivity contribution in [3.05, 3.63) is 81.1 Å². The molecule has 2 aromatic heterocycles. The Bertz CT molecular complexity index is 1090. The van der Waals surface area contributed by atoms with Gasteiger partial charge in [-0.3, -0.25) is 14.2 Å². The van der Waals surface area contributed by atoms with Gasteiger partial charge in [0.1, 0.15) is 29.2 Å². The number of hydrogen-bond donors (Lipinski definition) is 2. The summed E-state index contributed by atoms with van der Waals surface area (Å²) < 4.78 is 1.45. The fraction of sp³-hybridized carbons (Fsp3) is 0.158. The van der Waals surface area contributed by atoms with E-state index in [2.05, 4.69) is 20.6 Å². The highest BCUT2D eigenvalue weighted by molar-refractivity contribution is 6.30. The van der Waals surface area contributed by atoms with Crippen molar-refractivity contribution in [2.75, 3.05) is 5.32 Å². The van der Waals surface area contributed by atoms with E-state index in [4.69, 9.17) is 11.6 Å². The molecule has 0 saturated carbocycles. The van der Waals surface area contributed by atoms with E-state index < -0.39 is 5.66 Å². The van der Waals surface area contributed by atoms with Crippen LogP contribution in [0.1, 0.15) is 28.5 Å². The highest BCUT2D eigenvalue weighted by atomic mass is 35.5. The first-order valence-electron chi connectivity index (χ1n) is 8.28. The number of nitrogens with one attached hydrogen (secondary N) is 2. The number of carbonyl (C=O) groups is 1. The number of fused-ring (bicyclic) bond motifs is 1. The highest BCUT2D eigenvalue weighted by Crippen LogP contribution is 2.31. The van der Waals surface area contributed by atoms with Crippen LogP contribution in [-0.2, 0) is 5.66 Å². The number of pyridine rings is 1. The summed E-state index contributed by atoms with van der Waals surface area (Å²) >= 11 is 6.21. The summed E-state index contributed by atoms with van der Waals surface area (Å²) in [4.78, 5) is 33.6. The molecule has 1 aliphatic heterocycles. The maximum atomic E-state index is 13.2. The smallest absolute Gasteiger partial charge is 0.277 e. The standard InChI is InChI=1S/C19H16ClN5O2/c1-11-7-12(9-13(20)8-11)19(2)24-17(26)15-4-3-14(18(27)25(15)19)23-16-5-6-21-10-22-16/h3-10H,1-2H3,(H,24,26)(H,21,22,23). The topological polar surface area (TPSA) is 88.9 Å². The van der Waals surface area contributed by atoms with Gasteiger partial charge in [0.25, 0.3) is 11.5 Å². The Labute approximate surface area is 160 Å². The second-order valence-corrected chi connectivity index (χ2v) is 6.97. The molecule has 136 valence electrons. The number of nitrogens with zero attached hydrogens (tertiary/aromatic N) is 3. The molecular weight excluding hydrogens is 366 g/mol. The number of halogens is 1. The van der Waals surface area contributed by atoms with Crippen molar-refractivity contribution in [2.24, 2.45) is 0 Å². The third-order valence-corrected chi connectivity index (χ3v) is 4.79. The van der Waals surface area contributed by atoms with E-state index in [1.165, 1.54) is 10.9 Å². The van der Waals surface area contributed by atoms with Gasteiger partial charge in [0.15, 0.2) is 0 Å². The van der Waals surface area contributed by atoms with Crippen LogP contribution in [0.25, 0.3) is 0 Å². The molecule has 4 rings (SSSR count).